The van der Waals surface area contributed by atoms with Crippen molar-refractivity contribution in [2.45, 2.75) is 13.2 Å². The molecule has 0 saturated carbocycles. The zero-order valence-electron chi connectivity index (χ0n) is 16.7. The lowest BCUT2D eigenvalue weighted by Crippen LogP contribution is -2.34. The maximum atomic E-state index is 12.3. The number of carbonyl (C=O) groups is 1. The molecular formula is C24H23N3O2S. The van der Waals surface area contributed by atoms with Crippen molar-refractivity contribution in [2.75, 3.05) is 18.5 Å². The number of ether oxygens (including phenoxy) is 1. The first-order valence-corrected chi connectivity index (χ1v) is 10.6. The number of fused-ring (bicyclic) bond motifs is 1. The first-order valence-electron chi connectivity index (χ1n) is 9.76. The van der Waals surface area contributed by atoms with Crippen molar-refractivity contribution in [3.8, 4) is 5.75 Å². The molecule has 0 unspecified atom stereocenters. The average Bonchev–Trinajstić information content (AvgIpc) is 3.22. The molecule has 1 N–H and O–H groups in total. The van der Waals surface area contributed by atoms with Crippen LogP contribution in [0, 0.1) is 0 Å². The van der Waals surface area contributed by atoms with Crippen LogP contribution in [-0.2, 0) is 17.9 Å². The summed E-state index contributed by atoms with van der Waals surface area (Å²) in [6.07, 6.45) is 0. The third-order valence-corrected chi connectivity index (χ3v) is 5.80. The highest BCUT2D eigenvalue weighted by atomic mass is 32.1. The largest absolute Gasteiger partial charge is 0.489 e. The highest BCUT2D eigenvalue weighted by molar-refractivity contribution is 7.22. The fourth-order valence-corrected chi connectivity index (χ4v) is 3.93. The first kappa shape index (κ1) is 19.9. The summed E-state index contributed by atoms with van der Waals surface area (Å²) in [5.41, 5.74) is 3.11. The Balaban J connectivity index is 1.25. The predicted octanol–water partition coefficient (Wildman–Crippen LogP) is 4.63. The zero-order chi connectivity index (χ0) is 20.8. The van der Waals surface area contributed by atoms with Gasteiger partial charge in [0.25, 0.3) is 0 Å². The number of amides is 1. The number of thiazole rings is 1. The van der Waals surface area contributed by atoms with E-state index in [1.54, 1.807) is 11.3 Å². The summed E-state index contributed by atoms with van der Waals surface area (Å²) < 4.78 is 6.92. The van der Waals surface area contributed by atoms with Gasteiger partial charge in [-0.15, -0.1) is 0 Å². The molecule has 0 aliphatic carbocycles. The van der Waals surface area contributed by atoms with Crippen molar-refractivity contribution in [1.29, 1.82) is 0 Å². The Kier molecular flexibility index (Phi) is 6.25. The topological polar surface area (TPSA) is 54.5 Å². The van der Waals surface area contributed by atoms with Gasteiger partial charge in [-0.3, -0.25) is 4.79 Å². The SMILES string of the molecule is CN(CC(=O)NCc1ccc(OCc2ccccc2)cc1)c1nc2ccccc2s1. The fourth-order valence-electron chi connectivity index (χ4n) is 3.01. The molecule has 0 bridgehead atoms. The number of nitrogens with zero attached hydrogens (tertiary/aromatic N) is 2. The van der Waals surface area contributed by atoms with Gasteiger partial charge in [-0.25, -0.2) is 4.98 Å². The number of aromatic nitrogens is 1. The second-order valence-electron chi connectivity index (χ2n) is 7.02. The number of hydrogen-bond acceptors (Lipinski definition) is 5. The van der Waals surface area contributed by atoms with Gasteiger partial charge in [-0.2, -0.15) is 0 Å². The highest BCUT2D eigenvalue weighted by Crippen LogP contribution is 2.27. The van der Waals surface area contributed by atoms with Crippen LogP contribution < -0.4 is 15.0 Å². The van der Waals surface area contributed by atoms with Crippen LogP contribution in [0.5, 0.6) is 5.75 Å². The van der Waals surface area contributed by atoms with E-state index in [-0.39, 0.29) is 12.5 Å². The van der Waals surface area contributed by atoms with Crippen molar-refractivity contribution in [1.82, 2.24) is 10.3 Å². The molecule has 0 radical (unpaired) electrons. The first-order chi connectivity index (χ1) is 14.7. The third kappa shape index (κ3) is 5.15. The number of nitrogens with one attached hydrogen (secondary N) is 1. The lowest BCUT2D eigenvalue weighted by molar-refractivity contribution is -0.119. The van der Waals surface area contributed by atoms with E-state index in [1.807, 2.05) is 90.8 Å². The number of likely N-dealkylation sites (N-methyl/N-ethyl adjacent to an activating group) is 1. The van der Waals surface area contributed by atoms with Crippen LogP contribution in [-0.4, -0.2) is 24.5 Å². The minimum atomic E-state index is -0.0406. The minimum absolute atomic E-state index is 0.0406. The van der Waals surface area contributed by atoms with Gasteiger partial charge in [0.15, 0.2) is 5.13 Å². The zero-order valence-corrected chi connectivity index (χ0v) is 17.6. The summed E-state index contributed by atoms with van der Waals surface area (Å²) >= 11 is 1.59. The summed E-state index contributed by atoms with van der Waals surface area (Å²) in [6.45, 7) is 1.28. The van der Waals surface area contributed by atoms with Crippen molar-refractivity contribution in [3.63, 3.8) is 0 Å². The second kappa shape index (κ2) is 9.41. The molecular weight excluding hydrogens is 394 g/mol. The number of anilines is 1. The van der Waals surface area contributed by atoms with E-state index in [1.165, 1.54) is 0 Å². The lowest BCUT2D eigenvalue weighted by atomic mass is 10.2. The van der Waals surface area contributed by atoms with E-state index < -0.39 is 0 Å². The van der Waals surface area contributed by atoms with Gasteiger partial charge >= 0.3 is 0 Å². The van der Waals surface area contributed by atoms with Gasteiger partial charge in [-0.1, -0.05) is 65.9 Å². The molecule has 6 heteroatoms. The van der Waals surface area contributed by atoms with E-state index in [9.17, 15) is 4.79 Å². The highest BCUT2D eigenvalue weighted by Gasteiger charge is 2.11. The number of hydrogen-bond donors (Lipinski definition) is 1. The Labute approximate surface area is 179 Å². The van der Waals surface area contributed by atoms with E-state index in [0.717, 1.165) is 32.2 Å². The van der Waals surface area contributed by atoms with Gasteiger partial charge in [-0.05, 0) is 35.4 Å². The average molecular weight is 418 g/mol. The third-order valence-electron chi connectivity index (χ3n) is 4.65. The molecule has 0 atom stereocenters. The van der Waals surface area contributed by atoms with E-state index >= 15 is 0 Å². The van der Waals surface area contributed by atoms with E-state index in [0.29, 0.717) is 13.2 Å². The molecule has 1 amide bonds. The van der Waals surface area contributed by atoms with Crippen LogP contribution >= 0.6 is 11.3 Å². The Hall–Kier alpha value is -3.38. The molecule has 0 aliphatic rings. The molecule has 0 fully saturated rings. The monoisotopic (exact) mass is 417 g/mol. The van der Waals surface area contributed by atoms with Gasteiger partial charge in [0.2, 0.25) is 5.91 Å². The van der Waals surface area contributed by atoms with Crippen LogP contribution in [0.3, 0.4) is 0 Å². The van der Waals surface area contributed by atoms with Crippen LogP contribution in [0.1, 0.15) is 11.1 Å². The smallest absolute Gasteiger partial charge is 0.239 e. The second-order valence-corrected chi connectivity index (χ2v) is 8.02. The van der Waals surface area contributed by atoms with Crippen LogP contribution in [0.2, 0.25) is 0 Å². The van der Waals surface area contributed by atoms with Gasteiger partial charge in [0, 0.05) is 13.6 Å². The lowest BCUT2D eigenvalue weighted by Gasteiger charge is -2.15. The van der Waals surface area contributed by atoms with E-state index in [4.69, 9.17) is 4.74 Å². The molecule has 30 heavy (non-hydrogen) atoms. The minimum Gasteiger partial charge on any atom is -0.489 e. The maximum Gasteiger partial charge on any atom is 0.239 e. The quantitative estimate of drug-likeness (QED) is 0.454. The summed E-state index contributed by atoms with van der Waals surface area (Å²) in [5, 5.41) is 3.81. The normalized spacial score (nSPS) is 10.7. The number of rotatable bonds is 8. The summed E-state index contributed by atoms with van der Waals surface area (Å²) in [4.78, 5) is 18.8. The molecule has 0 aliphatic heterocycles. The molecule has 1 aromatic heterocycles. The Morgan fingerprint density at radius 1 is 0.967 bits per heavy atom. The predicted molar refractivity (Wildman–Crippen MR) is 122 cm³/mol. The number of benzene rings is 3. The molecule has 1 heterocycles. The van der Waals surface area contributed by atoms with Crippen molar-refractivity contribution >= 4 is 32.6 Å². The molecule has 3 aromatic carbocycles. The maximum absolute atomic E-state index is 12.3. The van der Waals surface area contributed by atoms with Crippen molar-refractivity contribution in [2.24, 2.45) is 0 Å². The molecule has 4 rings (SSSR count). The van der Waals surface area contributed by atoms with Crippen molar-refractivity contribution < 1.29 is 9.53 Å². The summed E-state index contributed by atoms with van der Waals surface area (Å²) in [7, 11) is 1.89. The van der Waals surface area contributed by atoms with Crippen LogP contribution in [0.25, 0.3) is 10.2 Å². The summed E-state index contributed by atoms with van der Waals surface area (Å²) in [6, 6.07) is 25.8. The van der Waals surface area contributed by atoms with Gasteiger partial charge in [0.1, 0.15) is 12.4 Å². The number of para-hydroxylation sites is 1. The van der Waals surface area contributed by atoms with E-state index in [2.05, 4.69) is 10.3 Å². The molecule has 152 valence electrons. The Morgan fingerprint density at radius 3 is 2.47 bits per heavy atom. The van der Waals surface area contributed by atoms with Gasteiger partial charge in [0.05, 0.1) is 16.8 Å². The Morgan fingerprint density at radius 2 is 1.70 bits per heavy atom. The fraction of sp³-hybridized carbons (Fsp3) is 0.167. The summed E-state index contributed by atoms with van der Waals surface area (Å²) in [5.74, 6) is 0.769. The Bertz CT molecular complexity index is 1080. The van der Waals surface area contributed by atoms with Crippen LogP contribution in [0.4, 0.5) is 5.13 Å². The standard InChI is InChI=1S/C24H23N3O2S/c1-27(24-26-21-9-5-6-10-22(21)30-24)16-23(28)25-15-18-11-13-20(14-12-18)29-17-19-7-3-2-4-8-19/h2-14H,15-17H2,1H3,(H,25,28). The van der Waals surface area contributed by atoms with Crippen molar-refractivity contribution in [3.05, 3.63) is 90.0 Å². The molecule has 5 nitrogen and oxygen atoms in total. The molecule has 0 spiro atoms. The molecule has 0 saturated heterocycles. The molecule has 4 aromatic rings. The number of carbonyl (C=O) groups excluding carboxylic acids is 1. The van der Waals surface area contributed by atoms with Gasteiger partial charge < -0.3 is 15.0 Å². The van der Waals surface area contributed by atoms with Crippen LogP contribution in [0.15, 0.2) is 78.9 Å².